The number of benzene rings is 2. The second-order valence-corrected chi connectivity index (χ2v) is 11.7. The minimum atomic E-state index is -1.10. The van der Waals surface area contributed by atoms with Gasteiger partial charge in [-0.25, -0.2) is 14.8 Å². The summed E-state index contributed by atoms with van der Waals surface area (Å²) in [7, 11) is 0. The zero-order valence-corrected chi connectivity index (χ0v) is 26.2. The van der Waals surface area contributed by atoms with Gasteiger partial charge in [0.05, 0.1) is 23.0 Å². The number of esters is 1. The summed E-state index contributed by atoms with van der Waals surface area (Å²) in [4.78, 5) is 51.0. The summed E-state index contributed by atoms with van der Waals surface area (Å²) < 4.78 is 13.1. The number of aromatic nitrogens is 3. The number of aliphatic hydroxyl groups excluding tert-OH is 1. The molecule has 5 aromatic rings. The summed E-state index contributed by atoms with van der Waals surface area (Å²) in [6.45, 7) is 9.17. The highest BCUT2D eigenvalue weighted by Crippen LogP contribution is 2.45. The highest BCUT2D eigenvalue weighted by atomic mass is 32.1. The molecule has 232 valence electrons. The topological polar surface area (TPSA) is 123 Å². The van der Waals surface area contributed by atoms with Crippen molar-refractivity contribution in [2.24, 2.45) is 0 Å². The fourth-order valence-electron chi connectivity index (χ4n) is 5.41. The first kappa shape index (κ1) is 30.5. The van der Waals surface area contributed by atoms with E-state index in [1.807, 2.05) is 60.0 Å². The molecule has 11 heteroatoms. The second-order valence-electron chi connectivity index (χ2n) is 10.7. The molecule has 4 heterocycles. The number of aryl methyl sites for hydroxylation is 3. The molecule has 3 aromatic heterocycles. The molecule has 10 nitrogen and oxygen atoms in total. The number of carbonyl (C=O) groups is 3. The van der Waals surface area contributed by atoms with Crippen molar-refractivity contribution in [1.82, 2.24) is 14.4 Å². The van der Waals surface area contributed by atoms with E-state index in [2.05, 4.69) is 16.5 Å². The number of ketones is 1. The predicted octanol–water partition coefficient (Wildman–Crippen LogP) is 6.26. The Morgan fingerprint density at radius 2 is 1.83 bits per heavy atom. The number of imidazole rings is 1. The van der Waals surface area contributed by atoms with Crippen LogP contribution in [0.15, 0.2) is 91.2 Å². The van der Waals surface area contributed by atoms with E-state index in [1.54, 1.807) is 38.1 Å². The highest BCUT2D eigenvalue weighted by Gasteiger charge is 2.49. The Morgan fingerprint density at radius 3 is 2.57 bits per heavy atom. The molecule has 0 spiro atoms. The summed E-state index contributed by atoms with van der Waals surface area (Å²) in [5.41, 5.74) is 3.90. The predicted molar refractivity (Wildman–Crippen MR) is 174 cm³/mol. The van der Waals surface area contributed by atoms with E-state index in [9.17, 15) is 19.5 Å². The van der Waals surface area contributed by atoms with Crippen molar-refractivity contribution >= 4 is 45.5 Å². The lowest BCUT2D eigenvalue weighted by Gasteiger charge is -2.23. The molecule has 46 heavy (non-hydrogen) atoms. The third-order valence-corrected chi connectivity index (χ3v) is 8.82. The normalized spacial score (nSPS) is 15.8. The monoisotopic (exact) mass is 634 g/mol. The SMILES string of the molecule is C=CCOC(=O)c1sc(N2C(=O)C(=O)/C(=C(/O)c3nc4c(C)cccn4c3C)C2c2cccc(OCc3ccccc3)c2)nc1C. The molecule has 2 aromatic carbocycles. The largest absolute Gasteiger partial charge is 0.505 e. The molecule has 1 unspecified atom stereocenters. The first-order valence-electron chi connectivity index (χ1n) is 14.5. The lowest BCUT2D eigenvalue weighted by molar-refractivity contribution is -0.132. The Kier molecular flexibility index (Phi) is 8.25. The van der Waals surface area contributed by atoms with Crippen molar-refractivity contribution in [1.29, 1.82) is 0 Å². The molecular weight excluding hydrogens is 604 g/mol. The van der Waals surface area contributed by atoms with Crippen LogP contribution in [-0.2, 0) is 20.9 Å². The quantitative estimate of drug-likeness (QED) is 0.0662. The van der Waals surface area contributed by atoms with Gasteiger partial charge in [0.15, 0.2) is 10.9 Å². The molecule has 0 bridgehead atoms. The number of amides is 1. The van der Waals surface area contributed by atoms with Crippen molar-refractivity contribution in [3.63, 3.8) is 0 Å². The lowest BCUT2D eigenvalue weighted by atomic mass is 9.96. The molecule has 0 radical (unpaired) electrons. The number of Topliss-reactive ketones (excluding diaryl/α,β-unsaturated/α-hetero) is 1. The van der Waals surface area contributed by atoms with Crippen LogP contribution in [0.3, 0.4) is 0 Å². The Morgan fingerprint density at radius 1 is 1.04 bits per heavy atom. The minimum Gasteiger partial charge on any atom is -0.505 e. The molecule has 1 aliphatic heterocycles. The summed E-state index contributed by atoms with van der Waals surface area (Å²) in [6.07, 6.45) is 3.26. The van der Waals surface area contributed by atoms with Crippen LogP contribution in [-0.4, -0.2) is 43.7 Å². The number of thiazole rings is 1. The maximum absolute atomic E-state index is 13.8. The lowest BCUT2D eigenvalue weighted by Crippen LogP contribution is -2.29. The number of hydrogen-bond donors (Lipinski definition) is 1. The Hall–Kier alpha value is -5.55. The van der Waals surface area contributed by atoms with Crippen LogP contribution in [0, 0.1) is 20.8 Å². The second kappa shape index (κ2) is 12.4. The fourth-order valence-corrected chi connectivity index (χ4v) is 6.40. The van der Waals surface area contributed by atoms with Gasteiger partial charge in [-0.3, -0.25) is 14.5 Å². The molecule has 1 aliphatic rings. The van der Waals surface area contributed by atoms with Gasteiger partial charge in [0.1, 0.15) is 35.2 Å². The number of nitrogens with zero attached hydrogens (tertiary/aromatic N) is 4. The summed E-state index contributed by atoms with van der Waals surface area (Å²) >= 11 is 0.927. The average Bonchev–Trinajstić information content (AvgIpc) is 3.70. The summed E-state index contributed by atoms with van der Waals surface area (Å²) in [6, 6.07) is 19.3. The van der Waals surface area contributed by atoms with E-state index < -0.39 is 29.5 Å². The fraction of sp³-hybridized carbons (Fsp3) is 0.171. The number of pyridine rings is 1. The minimum absolute atomic E-state index is 0.00360. The summed E-state index contributed by atoms with van der Waals surface area (Å²) in [5, 5.41) is 11.9. The van der Waals surface area contributed by atoms with Crippen LogP contribution < -0.4 is 9.64 Å². The average molecular weight is 635 g/mol. The molecule has 1 N–H and O–H groups in total. The zero-order valence-electron chi connectivity index (χ0n) is 25.4. The number of fused-ring (bicyclic) bond motifs is 1. The maximum atomic E-state index is 13.8. The van der Waals surface area contributed by atoms with Gasteiger partial charge in [0.2, 0.25) is 0 Å². The first-order chi connectivity index (χ1) is 22.2. The van der Waals surface area contributed by atoms with Crippen LogP contribution in [0.5, 0.6) is 5.75 Å². The van der Waals surface area contributed by atoms with Crippen LogP contribution >= 0.6 is 11.3 Å². The van der Waals surface area contributed by atoms with Gasteiger partial charge in [-0.2, -0.15) is 0 Å². The van der Waals surface area contributed by atoms with Crippen molar-refractivity contribution in [3.05, 3.63) is 130 Å². The molecule has 1 fully saturated rings. The van der Waals surface area contributed by atoms with E-state index in [0.717, 1.165) is 22.5 Å². The number of aliphatic hydroxyl groups is 1. The molecule has 0 aliphatic carbocycles. The standard InChI is InChI=1S/C35H30N4O6S/c1-5-17-44-34(43)31-21(3)36-35(46-31)39-28(24-14-9-15-25(18-24)45-19-23-12-7-6-8-13-23)26(30(41)33(39)42)29(40)27-22(4)38-16-10-11-20(2)32(38)37-27/h5-16,18,28,40H,1,17,19H2,2-4H3/b29-26+. The van der Waals surface area contributed by atoms with Crippen LogP contribution in [0.4, 0.5) is 5.13 Å². The number of hydrogen-bond acceptors (Lipinski definition) is 9. The smallest absolute Gasteiger partial charge is 0.350 e. The molecule has 1 amide bonds. The number of anilines is 1. The first-order valence-corrected chi connectivity index (χ1v) is 15.3. The molecule has 0 saturated carbocycles. The van der Waals surface area contributed by atoms with Crippen molar-refractivity contribution in [3.8, 4) is 5.75 Å². The van der Waals surface area contributed by atoms with E-state index >= 15 is 0 Å². The molecular formula is C35H30N4O6S. The molecule has 1 saturated heterocycles. The van der Waals surface area contributed by atoms with Gasteiger partial charge in [-0.05, 0) is 55.7 Å². The Labute approximate surface area is 268 Å². The van der Waals surface area contributed by atoms with Crippen molar-refractivity contribution in [2.45, 2.75) is 33.4 Å². The van der Waals surface area contributed by atoms with E-state index in [-0.39, 0.29) is 27.9 Å². The summed E-state index contributed by atoms with van der Waals surface area (Å²) in [5.74, 6) is -2.35. The third kappa shape index (κ3) is 5.45. The molecule has 1 atom stereocenters. The van der Waals surface area contributed by atoms with Gasteiger partial charge >= 0.3 is 11.9 Å². The number of ether oxygens (including phenoxy) is 2. The van der Waals surface area contributed by atoms with E-state index in [0.29, 0.717) is 35.0 Å². The van der Waals surface area contributed by atoms with Crippen molar-refractivity contribution in [2.75, 3.05) is 11.5 Å². The number of carbonyl (C=O) groups excluding carboxylic acids is 3. The van der Waals surface area contributed by atoms with E-state index in [1.165, 1.54) is 11.0 Å². The molecule has 6 rings (SSSR count). The van der Waals surface area contributed by atoms with Gasteiger partial charge in [0, 0.05) is 6.20 Å². The van der Waals surface area contributed by atoms with Gasteiger partial charge in [0.25, 0.3) is 5.78 Å². The van der Waals surface area contributed by atoms with Gasteiger partial charge < -0.3 is 19.0 Å². The highest BCUT2D eigenvalue weighted by molar-refractivity contribution is 7.17. The zero-order chi connectivity index (χ0) is 32.5. The maximum Gasteiger partial charge on any atom is 0.350 e. The van der Waals surface area contributed by atoms with Crippen LogP contribution in [0.2, 0.25) is 0 Å². The van der Waals surface area contributed by atoms with Gasteiger partial charge in [-0.15, -0.1) is 0 Å². The van der Waals surface area contributed by atoms with Crippen molar-refractivity contribution < 1.29 is 29.0 Å². The third-order valence-electron chi connectivity index (χ3n) is 7.68. The van der Waals surface area contributed by atoms with Gasteiger partial charge in [-0.1, -0.05) is 72.5 Å². The Balaban J connectivity index is 1.49. The number of rotatable bonds is 9. The van der Waals surface area contributed by atoms with E-state index in [4.69, 9.17) is 9.47 Å². The Bertz CT molecular complexity index is 2040. The van der Waals surface area contributed by atoms with Crippen LogP contribution in [0.1, 0.15) is 49.5 Å². The van der Waals surface area contributed by atoms with Crippen LogP contribution in [0.25, 0.3) is 11.4 Å².